The molecule has 1 aliphatic heterocycles. The lowest BCUT2D eigenvalue weighted by Gasteiger charge is -2.36. The molecule has 1 aliphatic rings. The fourth-order valence-corrected chi connectivity index (χ4v) is 2.63. The minimum Gasteiger partial charge on any atom is -0.296 e. The van der Waals surface area contributed by atoms with Gasteiger partial charge in [0.05, 0.1) is 0 Å². The van der Waals surface area contributed by atoms with E-state index in [2.05, 4.69) is 41.5 Å². The lowest BCUT2D eigenvalue weighted by molar-refractivity contribution is -0.127. The molecule has 18 heavy (non-hydrogen) atoms. The van der Waals surface area contributed by atoms with Crippen molar-refractivity contribution in [2.24, 2.45) is 11.8 Å². The highest BCUT2D eigenvalue weighted by molar-refractivity contribution is 5.78. The molecule has 0 saturated carbocycles. The summed E-state index contributed by atoms with van der Waals surface area (Å²) in [5, 5.41) is 0. The number of piperidine rings is 1. The number of hydrazine groups is 1. The molecule has 1 heterocycles. The zero-order chi connectivity index (χ0) is 13.0. The van der Waals surface area contributed by atoms with Gasteiger partial charge >= 0.3 is 0 Å². The maximum atomic E-state index is 11.5. The number of amides is 1. The molecule has 3 N–H and O–H groups in total. The van der Waals surface area contributed by atoms with Gasteiger partial charge in [-0.2, -0.15) is 0 Å². The first-order chi connectivity index (χ1) is 8.70. The Hall–Kier alpha value is -1.39. The lowest BCUT2D eigenvalue weighted by Crippen LogP contribution is -2.46. The summed E-state index contributed by atoms with van der Waals surface area (Å²) in [5.41, 5.74) is 3.59. The number of hydrogen-bond donors (Lipinski definition) is 2. The maximum absolute atomic E-state index is 11.5. The Kier molecular flexibility index (Phi) is 4.33. The number of rotatable bonds is 3. The molecule has 98 valence electrons. The molecule has 0 unspecified atom stereocenters. The van der Waals surface area contributed by atoms with Crippen LogP contribution < -0.4 is 11.3 Å². The zero-order valence-corrected chi connectivity index (χ0v) is 10.8. The van der Waals surface area contributed by atoms with Crippen molar-refractivity contribution < 1.29 is 4.79 Å². The first-order valence-corrected chi connectivity index (χ1v) is 6.49. The van der Waals surface area contributed by atoms with E-state index in [1.165, 1.54) is 5.56 Å². The second kappa shape index (κ2) is 5.98. The molecular formula is C14H21N3O. The van der Waals surface area contributed by atoms with E-state index in [1.807, 2.05) is 6.07 Å². The van der Waals surface area contributed by atoms with Gasteiger partial charge in [0, 0.05) is 18.5 Å². The van der Waals surface area contributed by atoms with Crippen LogP contribution in [0, 0.1) is 5.92 Å². The third-order valence-corrected chi connectivity index (χ3v) is 3.76. The first kappa shape index (κ1) is 13.1. The predicted octanol–water partition coefficient (Wildman–Crippen LogP) is 1.28. The molecule has 1 amide bonds. The molecule has 2 rings (SSSR count). The summed E-state index contributed by atoms with van der Waals surface area (Å²) in [6.45, 7) is 4.09. The largest absolute Gasteiger partial charge is 0.296 e. The van der Waals surface area contributed by atoms with Crippen LogP contribution in [-0.2, 0) is 11.3 Å². The summed E-state index contributed by atoms with van der Waals surface area (Å²) in [5.74, 6) is 5.23. The van der Waals surface area contributed by atoms with Crippen LogP contribution in [0.2, 0.25) is 0 Å². The van der Waals surface area contributed by atoms with Crippen molar-refractivity contribution in [3.05, 3.63) is 35.9 Å². The number of hydrogen-bond acceptors (Lipinski definition) is 3. The zero-order valence-electron chi connectivity index (χ0n) is 10.8. The van der Waals surface area contributed by atoms with E-state index < -0.39 is 0 Å². The van der Waals surface area contributed by atoms with E-state index >= 15 is 0 Å². The van der Waals surface area contributed by atoms with E-state index in [9.17, 15) is 4.79 Å². The minimum atomic E-state index is -0.0267. The molecular weight excluding hydrogens is 226 g/mol. The maximum Gasteiger partial charge on any atom is 0.237 e. The van der Waals surface area contributed by atoms with Crippen LogP contribution in [0.25, 0.3) is 0 Å². The molecule has 0 spiro atoms. The van der Waals surface area contributed by atoms with Gasteiger partial charge in [0.2, 0.25) is 5.91 Å². The van der Waals surface area contributed by atoms with Gasteiger partial charge in [0.15, 0.2) is 0 Å². The molecule has 2 atom stereocenters. The highest BCUT2D eigenvalue weighted by Gasteiger charge is 2.29. The number of nitrogens with one attached hydrogen (secondary N) is 1. The average Bonchev–Trinajstić information content (AvgIpc) is 2.41. The van der Waals surface area contributed by atoms with Crippen LogP contribution in [0.5, 0.6) is 0 Å². The molecule has 0 radical (unpaired) electrons. The Morgan fingerprint density at radius 1 is 1.44 bits per heavy atom. The Bertz CT molecular complexity index is 393. The highest BCUT2D eigenvalue weighted by Crippen LogP contribution is 2.24. The van der Waals surface area contributed by atoms with Crippen LogP contribution in [0.3, 0.4) is 0 Å². The molecule has 1 fully saturated rings. The van der Waals surface area contributed by atoms with Gasteiger partial charge in [0.25, 0.3) is 0 Å². The van der Waals surface area contributed by atoms with Crippen LogP contribution >= 0.6 is 0 Å². The monoisotopic (exact) mass is 247 g/mol. The normalized spacial score (nSPS) is 24.8. The standard InChI is InChI=1S/C14H21N3O/c1-11-9-13(14(18)16-15)7-8-17(11)10-12-5-3-2-4-6-12/h2-6,11,13H,7-10,15H2,1H3,(H,16,18)/t11-,13-/m1/s1. The molecule has 1 aromatic rings. The Morgan fingerprint density at radius 2 is 2.17 bits per heavy atom. The molecule has 0 aromatic heterocycles. The Labute approximate surface area is 108 Å². The van der Waals surface area contributed by atoms with Crippen molar-refractivity contribution in [2.75, 3.05) is 6.54 Å². The van der Waals surface area contributed by atoms with E-state index in [-0.39, 0.29) is 11.8 Å². The number of nitrogens with two attached hydrogens (primary N) is 1. The van der Waals surface area contributed by atoms with E-state index in [0.717, 1.165) is 25.9 Å². The molecule has 0 bridgehead atoms. The number of nitrogens with zero attached hydrogens (tertiary/aromatic N) is 1. The molecule has 1 aromatic carbocycles. The van der Waals surface area contributed by atoms with Crippen LogP contribution in [0.15, 0.2) is 30.3 Å². The van der Waals surface area contributed by atoms with Crippen LogP contribution in [-0.4, -0.2) is 23.4 Å². The van der Waals surface area contributed by atoms with Crippen molar-refractivity contribution in [2.45, 2.75) is 32.4 Å². The van der Waals surface area contributed by atoms with Gasteiger partial charge in [-0.3, -0.25) is 15.1 Å². The van der Waals surface area contributed by atoms with Gasteiger partial charge in [-0.25, -0.2) is 5.84 Å². The van der Waals surface area contributed by atoms with Crippen LogP contribution in [0.1, 0.15) is 25.3 Å². The summed E-state index contributed by atoms with van der Waals surface area (Å²) in [4.78, 5) is 13.9. The molecule has 0 aliphatic carbocycles. The predicted molar refractivity (Wildman–Crippen MR) is 71.4 cm³/mol. The second-order valence-corrected chi connectivity index (χ2v) is 5.03. The van der Waals surface area contributed by atoms with Gasteiger partial charge in [0.1, 0.15) is 0 Å². The van der Waals surface area contributed by atoms with Crippen molar-refractivity contribution in [3.8, 4) is 0 Å². The van der Waals surface area contributed by atoms with Gasteiger partial charge < -0.3 is 0 Å². The molecule has 1 saturated heterocycles. The third kappa shape index (κ3) is 3.09. The SMILES string of the molecule is C[C@@H]1C[C@H](C(=O)NN)CCN1Cc1ccccc1. The van der Waals surface area contributed by atoms with Crippen molar-refractivity contribution in [1.29, 1.82) is 0 Å². The Balaban J connectivity index is 1.92. The topological polar surface area (TPSA) is 58.4 Å². The molecule has 4 heteroatoms. The van der Waals surface area contributed by atoms with E-state index in [4.69, 9.17) is 5.84 Å². The number of carbonyl (C=O) groups excluding carboxylic acids is 1. The van der Waals surface area contributed by atoms with Crippen molar-refractivity contribution in [1.82, 2.24) is 10.3 Å². The van der Waals surface area contributed by atoms with Crippen LogP contribution in [0.4, 0.5) is 0 Å². The summed E-state index contributed by atoms with van der Waals surface area (Å²) in [7, 11) is 0. The fourth-order valence-electron chi connectivity index (χ4n) is 2.63. The number of benzene rings is 1. The van der Waals surface area contributed by atoms with Gasteiger partial charge in [-0.1, -0.05) is 30.3 Å². The summed E-state index contributed by atoms with van der Waals surface area (Å²) < 4.78 is 0. The smallest absolute Gasteiger partial charge is 0.237 e. The van der Waals surface area contributed by atoms with Gasteiger partial charge in [-0.15, -0.1) is 0 Å². The fraction of sp³-hybridized carbons (Fsp3) is 0.500. The molecule has 4 nitrogen and oxygen atoms in total. The second-order valence-electron chi connectivity index (χ2n) is 5.03. The average molecular weight is 247 g/mol. The lowest BCUT2D eigenvalue weighted by atomic mass is 9.90. The quantitative estimate of drug-likeness (QED) is 0.480. The van der Waals surface area contributed by atoms with E-state index in [0.29, 0.717) is 6.04 Å². The number of likely N-dealkylation sites (tertiary alicyclic amines) is 1. The highest BCUT2D eigenvalue weighted by atomic mass is 16.2. The number of carbonyl (C=O) groups is 1. The summed E-state index contributed by atoms with van der Waals surface area (Å²) in [6.07, 6.45) is 1.77. The third-order valence-electron chi connectivity index (χ3n) is 3.76. The van der Waals surface area contributed by atoms with Gasteiger partial charge in [-0.05, 0) is 31.9 Å². The van der Waals surface area contributed by atoms with Crippen molar-refractivity contribution >= 4 is 5.91 Å². The summed E-state index contributed by atoms with van der Waals surface area (Å²) >= 11 is 0. The van der Waals surface area contributed by atoms with E-state index in [1.54, 1.807) is 0 Å². The first-order valence-electron chi connectivity index (χ1n) is 6.49. The minimum absolute atomic E-state index is 0.0267. The summed E-state index contributed by atoms with van der Waals surface area (Å²) in [6, 6.07) is 10.9. The van der Waals surface area contributed by atoms with Crippen molar-refractivity contribution in [3.63, 3.8) is 0 Å². The Morgan fingerprint density at radius 3 is 2.78 bits per heavy atom.